The number of carboxylic acids is 1. The Bertz CT molecular complexity index is 812. The van der Waals surface area contributed by atoms with E-state index in [0.29, 0.717) is 18.5 Å². The van der Waals surface area contributed by atoms with Gasteiger partial charge in [0, 0.05) is 34.5 Å². The summed E-state index contributed by atoms with van der Waals surface area (Å²) in [7, 11) is 0. The number of rotatable bonds is 4. The second kappa shape index (κ2) is 5.44. The molecule has 0 spiro atoms. The second-order valence-electron chi connectivity index (χ2n) is 6.21. The number of aromatic nitrogens is 1. The zero-order chi connectivity index (χ0) is 16.8. The van der Waals surface area contributed by atoms with Gasteiger partial charge in [-0.05, 0) is 18.9 Å². The third-order valence-corrected chi connectivity index (χ3v) is 4.67. The highest BCUT2D eigenvalue weighted by molar-refractivity contribution is 6.10. The number of carbonyl (C=O) groups excluding carboxylic acids is 1. The van der Waals surface area contributed by atoms with Crippen molar-refractivity contribution < 1.29 is 23.5 Å². The van der Waals surface area contributed by atoms with Crippen LogP contribution in [0.4, 0.5) is 8.78 Å². The average molecular weight is 321 g/mol. The minimum absolute atomic E-state index is 0.0666. The lowest BCUT2D eigenvalue weighted by Crippen LogP contribution is -2.35. The molecule has 122 valence electrons. The van der Waals surface area contributed by atoms with Crippen LogP contribution in [-0.2, 0) is 10.2 Å². The lowest BCUT2D eigenvalue weighted by molar-refractivity contribution is -0.138. The number of aromatic amines is 1. The fraction of sp³-hybridized carbons (Fsp3) is 0.412. The summed E-state index contributed by atoms with van der Waals surface area (Å²) < 4.78 is 27.7. The molecule has 0 saturated heterocycles. The number of halogens is 2. The molecule has 0 amide bonds. The molecule has 1 atom stereocenters. The van der Waals surface area contributed by atoms with Gasteiger partial charge in [0.05, 0.1) is 11.9 Å². The minimum Gasteiger partial charge on any atom is -0.481 e. The molecule has 0 fully saturated rings. The maximum atomic E-state index is 14.2. The summed E-state index contributed by atoms with van der Waals surface area (Å²) >= 11 is 0. The Kier molecular flexibility index (Phi) is 3.70. The van der Waals surface area contributed by atoms with Crippen LogP contribution in [-0.4, -0.2) is 21.8 Å². The SMILES string of the molecule is CCCC1(CC(=O)O)CCC(=O)c2c1[nH]c1cc(F)cc(F)c21. The third-order valence-electron chi connectivity index (χ3n) is 4.67. The third kappa shape index (κ3) is 2.42. The Morgan fingerprint density at radius 2 is 2.13 bits per heavy atom. The van der Waals surface area contributed by atoms with E-state index in [4.69, 9.17) is 0 Å². The fourth-order valence-electron chi connectivity index (χ4n) is 3.81. The van der Waals surface area contributed by atoms with Crippen molar-refractivity contribution in [1.29, 1.82) is 0 Å². The number of aliphatic carboxylic acids is 1. The summed E-state index contributed by atoms with van der Waals surface area (Å²) in [6.45, 7) is 1.93. The number of carboxylic acid groups (broad SMARTS) is 1. The maximum Gasteiger partial charge on any atom is 0.304 e. The Hall–Kier alpha value is -2.24. The van der Waals surface area contributed by atoms with Crippen LogP contribution in [0.1, 0.15) is 55.1 Å². The minimum atomic E-state index is -0.968. The van der Waals surface area contributed by atoms with Gasteiger partial charge in [0.2, 0.25) is 0 Å². The van der Waals surface area contributed by atoms with Crippen LogP contribution in [0.5, 0.6) is 0 Å². The monoisotopic (exact) mass is 321 g/mol. The number of hydrogen-bond donors (Lipinski definition) is 2. The summed E-state index contributed by atoms with van der Waals surface area (Å²) in [5.41, 5.74) is 0.0933. The van der Waals surface area contributed by atoms with Gasteiger partial charge in [-0.25, -0.2) is 8.78 Å². The molecule has 1 aromatic heterocycles. The second-order valence-corrected chi connectivity index (χ2v) is 6.21. The predicted octanol–water partition coefficient (Wildman–Crippen LogP) is 3.94. The van der Waals surface area contributed by atoms with E-state index >= 15 is 0 Å². The van der Waals surface area contributed by atoms with Crippen LogP contribution in [0.25, 0.3) is 10.9 Å². The van der Waals surface area contributed by atoms with E-state index in [1.165, 1.54) is 0 Å². The highest BCUT2D eigenvalue weighted by Gasteiger charge is 2.43. The highest BCUT2D eigenvalue weighted by atomic mass is 19.1. The Labute approximate surface area is 131 Å². The van der Waals surface area contributed by atoms with Crippen molar-refractivity contribution in [1.82, 2.24) is 4.98 Å². The maximum absolute atomic E-state index is 14.2. The molecule has 0 bridgehead atoms. The first-order chi connectivity index (χ1) is 10.9. The summed E-state index contributed by atoms with van der Waals surface area (Å²) in [5.74, 6) is -2.73. The Morgan fingerprint density at radius 1 is 1.39 bits per heavy atom. The van der Waals surface area contributed by atoms with Gasteiger partial charge >= 0.3 is 5.97 Å². The van der Waals surface area contributed by atoms with Gasteiger partial charge in [0.15, 0.2) is 5.78 Å². The molecule has 0 aliphatic heterocycles. The van der Waals surface area contributed by atoms with Crippen molar-refractivity contribution >= 4 is 22.7 Å². The number of benzene rings is 1. The molecule has 4 nitrogen and oxygen atoms in total. The molecular weight excluding hydrogens is 304 g/mol. The predicted molar refractivity (Wildman–Crippen MR) is 80.6 cm³/mol. The first kappa shape index (κ1) is 15.6. The Morgan fingerprint density at radius 3 is 2.78 bits per heavy atom. The molecule has 2 N–H and O–H groups in total. The summed E-state index contributed by atoms with van der Waals surface area (Å²) in [5, 5.41) is 9.36. The zero-order valence-corrected chi connectivity index (χ0v) is 12.7. The van der Waals surface area contributed by atoms with E-state index in [2.05, 4.69) is 4.98 Å². The van der Waals surface area contributed by atoms with Crippen LogP contribution in [0.15, 0.2) is 12.1 Å². The first-order valence-electron chi connectivity index (χ1n) is 7.64. The topological polar surface area (TPSA) is 70.2 Å². The van der Waals surface area contributed by atoms with Gasteiger partial charge in [-0.1, -0.05) is 13.3 Å². The van der Waals surface area contributed by atoms with E-state index in [1.54, 1.807) is 0 Å². The van der Waals surface area contributed by atoms with E-state index in [9.17, 15) is 23.5 Å². The van der Waals surface area contributed by atoms with Gasteiger partial charge in [-0.2, -0.15) is 0 Å². The number of carbonyl (C=O) groups is 2. The lowest BCUT2D eigenvalue weighted by atomic mass is 9.68. The van der Waals surface area contributed by atoms with Crippen LogP contribution in [0.2, 0.25) is 0 Å². The standard InChI is InChI=1S/C17H17F2NO3/c1-2-4-17(8-13(22)23)5-3-12(21)15-14-10(19)6-9(18)7-11(14)20-16(15)17/h6-7,20H,2-5,8H2,1H3,(H,22,23). The highest BCUT2D eigenvalue weighted by Crippen LogP contribution is 2.46. The lowest BCUT2D eigenvalue weighted by Gasteiger charge is -2.35. The molecule has 1 unspecified atom stereocenters. The van der Waals surface area contributed by atoms with Crippen LogP contribution < -0.4 is 0 Å². The summed E-state index contributed by atoms with van der Waals surface area (Å²) in [6.07, 6.45) is 1.72. The molecule has 1 aromatic carbocycles. The van der Waals surface area contributed by atoms with E-state index in [-0.39, 0.29) is 35.1 Å². The number of nitrogens with one attached hydrogen (secondary N) is 1. The molecule has 0 saturated carbocycles. The number of ketones is 1. The van der Waals surface area contributed by atoms with Gasteiger partial charge in [0.25, 0.3) is 0 Å². The largest absolute Gasteiger partial charge is 0.481 e. The summed E-state index contributed by atoms with van der Waals surface area (Å²) in [4.78, 5) is 26.6. The average Bonchev–Trinajstić information content (AvgIpc) is 2.83. The van der Waals surface area contributed by atoms with E-state index in [1.807, 2.05) is 6.92 Å². The van der Waals surface area contributed by atoms with E-state index < -0.39 is 23.0 Å². The van der Waals surface area contributed by atoms with Crippen LogP contribution in [0, 0.1) is 11.6 Å². The molecule has 0 radical (unpaired) electrons. The number of hydrogen-bond acceptors (Lipinski definition) is 2. The molecule has 1 aliphatic rings. The van der Waals surface area contributed by atoms with Gasteiger partial charge in [0.1, 0.15) is 11.6 Å². The summed E-state index contributed by atoms with van der Waals surface area (Å²) in [6, 6.07) is 1.89. The van der Waals surface area contributed by atoms with Crippen molar-refractivity contribution in [2.45, 2.75) is 44.4 Å². The molecule has 1 heterocycles. The Balaban J connectivity index is 2.32. The fourth-order valence-corrected chi connectivity index (χ4v) is 3.81. The molecular formula is C17H17F2NO3. The van der Waals surface area contributed by atoms with Gasteiger partial charge < -0.3 is 10.1 Å². The van der Waals surface area contributed by atoms with Crippen molar-refractivity contribution in [3.05, 3.63) is 35.0 Å². The first-order valence-corrected chi connectivity index (χ1v) is 7.64. The van der Waals surface area contributed by atoms with E-state index in [0.717, 1.165) is 18.6 Å². The van der Waals surface area contributed by atoms with Crippen LogP contribution >= 0.6 is 0 Å². The van der Waals surface area contributed by atoms with Crippen molar-refractivity contribution in [3.63, 3.8) is 0 Å². The van der Waals surface area contributed by atoms with Gasteiger partial charge in [-0.3, -0.25) is 9.59 Å². The number of H-pyrrole nitrogens is 1. The number of Topliss-reactive ketones (excluding diaryl/α,β-unsaturated/α-hetero) is 1. The molecule has 3 rings (SSSR count). The molecule has 1 aliphatic carbocycles. The van der Waals surface area contributed by atoms with Crippen LogP contribution in [0.3, 0.4) is 0 Å². The molecule has 23 heavy (non-hydrogen) atoms. The molecule has 2 aromatic rings. The quantitative estimate of drug-likeness (QED) is 0.896. The van der Waals surface area contributed by atoms with Crippen molar-refractivity contribution in [3.8, 4) is 0 Å². The van der Waals surface area contributed by atoms with Gasteiger partial charge in [-0.15, -0.1) is 0 Å². The van der Waals surface area contributed by atoms with Crippen molar-refractivity contribution in [2.75, 3.05) is 0 Å². The molecule has 6 heteroatoms. The zero-order valence-electron chi connectivity index (χ0n) is 12.7. The smallest absolute Gasteiger partial charge is 0.304 e. The van der Waals surface area contributed by atoms with Crippen molar-refractivity contribution in [2.24, 2.45) is 0 Å². The normalized spacial score (nSPS) is 20.7. The number of fused-ring (bicyclic) bond motifs is 3.